The molecule has 1 heterocycles. The molecule has 1 rings (SSSR count). The van der Waals surface area contributed by atoms with Gasteiger partial charge >= 0.3 is 5.97 Å². The monoisotopic (exact) mass is 270 g/mol. The van der Waals surface area contributed by atoms with Gasteiger partial charge in [0.1, 0.15) is 9.77 Å². The molecule has 1 aromatic rings. The number of hydrogen-bond acceptors (Lipinski definition) is 6. The van der Waals surface area contributed by atoms with E-state index in [4.69, 9.17) is 15.4 Å². The van der Waals surface area contributed by atoms with Crippen molar-refractivity contribution in [3.63, 3.8) is 0 Å². The molecule has 0 N–H and O–H groups in total. The maximum absolute atomic E-state index is 11.2. The van der Waals surface area contributed by atoms with Crippen molar-refractivity contribution in [2.24, 2.45) is 0 Å². The Hall–Kier alpha value is -0.790. The summed E-state index contributed by atoms with van der Waals surface area (Å²) in [6.07, 6.45) is 0. The summed E-state index contributed by atoms with van der Waals surface area (Å²) in [5.74, 6) is -0.672. The molecule has 0 aromatic carbocycles. The quantitative estimate of drug-likeness (QED) is 0.614. The van der Waals surface area contributed by atoms with E-state index >= 15 is 0 Å². The fourth-order valence-corrected chi connectivity index (χ4v) is 2.87. The zero-order valence-electron chi connectivity index (χ0n) is 7.81. The van der Waals surface area contributed by atoms with Gasteiger partial charge in [0.05, 0.1) is 14.2 Å². The molecule has 0 aliphatic rings. The SMILES string of the molecule is COC(=O)c1cc(S(=O)(=O)Cl)sc1OC. The van der Waals surface area contributed by atoms with Crippen LogP contribution in [0.4, 0.5) is 0 Å². The molecule has 0 aliphatic carbocycles. The van der Waals surface area contributed by atoms with E-state index < -0.39 is 15.0 Å². The average Bonchev–Trinajstić information content (AvgIpc) is 2.59. The fourth-order valence-electron chi connectivity index (χ4n) is 0.877. The van der Waals surface area contributed by atoms with Gasteiger partial charge in [-0.15, -0.1) is 0 Å². The van der Waals surface area contributed by atoms with E-state index in [0.29, 0.717) is 0 Å². The van der Waals surface area contributed by atoms with Crippen molar-refractivity contribution in [1.29, 1.82) is 0 Å². The number of thiophene rings is 1. The lowest BCUT2D eigenvalue weighted by Gasteiger charge is -1.98. The third kappa shape index (κ3) is 2.61. The summed E-state index contributed by atoms with van der Waals surface area (Å²) in [4.78, 5) is 11.2. The van der Waals surface area contributed by atoms with E-state index in [-0.39, 0.29) is 14.8 Å². The lowest BCUT2D eigenvalue weighted by atomic mass is 10.3. The maximum atomic E-state index is 11.2. The molecular formula is C7H7ClO5S2. The first-order valence-electron chi connectivity index (χ1n) is 3.61. The molecule has 0 aliphatic heterocycles. The molecule has 0 bridgehead atoms. The Morgan fingerprint density at radius 1 is 1.47 bits per heavy atom. The summed E-state index contributed by atoms with van der Waals surface area (Å²) in [7, 11) is 3.78. The number of methoxy groups -OCH3 is 2. The highest BCUT2D eigenvalue weighted by atomic mass is 35.7. The molecule has 8 heteroatoms. The number of ether oxygens (including phenoxy) is 2. The van der Waals surface area contributed by atoms with E-state index in [2.05, 4.69) is 4.74 Å². The zero-order chi connectivity index (χ0) is 11.6. The van der Waals surface area contributed by atoms with Gasteiger partial charge in [-0.25, -0.2) is 13.2 Å². The predicted molar refractivity (Wildman–Crippen MR) is 55.2 cm³/mol. The van der Waals surface area contributed by atoms with Crippen molar-refractivity contribution in [2.45, 2.75) is 4.21 Å². The number of carbonyl (C=O) groups is 1. The number of esters is 1. The number of hydrogen-bond donors (Lipinski definition) is 0. The van der Waals surface area contributed by atoms with Crippen LogP contribution >= 0.6 is 22.0 Å². The summed E-state index contributed by atoms with van der Waals surface area (Å²) >= 11 is 0.767. The minimum absolute atomic E-state index is 0.0456. The Morgan fingerprint density at radius 3 is 2.47 bits per heavy atom. The molecule has 0 atom stereocenters. The van der Waals surface area contributed by atoms with Crippen LogP contribution in [-0.2, 0) is 13.8 Å². The van der Waals surface area contributed by atoms with Gasteiger partial charge in [0.2, 0.25) is 0 Å². The van der Waals surface area contributed by atoms with E-state index in [0.717, 1.165) is 17.4 Å². The molecule has 15 heavy (non-hydrogen) atoms. The molecule has 0 radical (unpaired) electrons. The molecule has 0 spiro atoms. The highest BCUT2D eigenvalue weighted by molar-refractivity contribution is 8.15. The summed E-state index contributed by atoms with van der Waals surface area (Å²) in [6, 6.07) is 1.12. The van der Waals surface area contributed by atoms with E-state index in [9.17, 15) is 13.2 Å². The second-order valence-electron chi connectivity index (χ2n) is 2.40. The number of carbonyl (C=O) groups excluding carboxylic acids is 1. The molecular weight excluding hydrogens is 264 g/mol. The lowest BCUT2D eigenvalue weighted by molar-refractivity contribution is 0.0598. The number of rotatable bonds is 3. The molecule has 84 valence electrons. The molecule has 1 aromatic heterocycles. The minimum Gasteiger partial charge on any atom is -0.487 e. The molecule has 0 amide bonds. The second-order valence-corrected chi connectivity index (χ2v) is 6.21. The lowest BCUT2D eigenvalue weighted by Crippen LogP contribution is -2.01. The van der Waals surface area contributed by atoms with Crippen LogP contribution in [0.3, 0.4) is 0 Å². The van der Waals surface area contributed by atoms with Gasteiger partial charge in [-0.1, -0.05) is 11.3 Å². The van der Waals surface area contributed by atoms with Gasteiger partial charge in [-0.2, -0.15) is 0 Å². The largest absolute Gasteiger partial charge is 0.487 e. The molecule has 0 fully saturated rings. The van der Waals surface area contributed by atoms with Crippen LogP contribution in [0.25, 0.3) is 0 Å². The topological polar surface area (TPSA) is 69.7 Å². The summed E-state index contributed by atoms with van der Waals surface area (Å²) in [6.45, 7) is 0. The van der Waals surface area contributed by atoms with Gasteiger partial charge in [0, 0.05) is 10.7 Å². The Balaban J connectivity index is 3.29. The predicted octanol–water partition coefficient (Wildman–Crippen LogP) is 1.47. The van der Waals surface area contributed by atoms with Crippen LogP contribution < -0.4 is 4.74 Å². The van der Waals surface area contributed by atoms with Crippen molar-refractivity contribution in [3.05, 3.63) is 11.6 Å². The number of halogens is 1. The van der Waals surface area contributed by atoms with Crippen LogP contribution in [0, 0.1) is 0 Å². The average molecular weight is 271 g/mol. The highest BCUT2D eigenvalue weighted by Gasteiger charge is 2.23. The van der Waals surface area contributed by atoms with Crippen molar-refractivity contribution >= 4 is 37.0 Å². The van der Waals surface area contributed by atoms with Crippen molar-refractivity contribution in [3.8, 4) is 5.06 Å². The van der Waals surface area contributed by atoms with Crippen LogP contribution in [0.2, 0.25) is 0 Å². The maximum Gasteiger partial charge on any atom is 0.342 e. The molecule has 0 saturated heterocycles. The van der Waals surface area contributed by atoms with E-state index in [1.54, 1.807) is 0 Å². The van der Waals surface area contributed by atoms with Gasteiger partial charge in [-0.05, 0) is 6.07 Å². The zero-order valence-corrected chi connectivity index (χ0v) is 10.2. The van der Waals surface area contributed by atoms with Crippen molar-refractivity contribution in [2.75, 3.05) is 14.2 Å². The van der Waals surface area contributed by atoms with Gasteiger partial charge in [0.15, 0.2) is 5.06 Å². The normalized spacial score (nSPS) is 11.1. The minimum atomic E-state index is -3.85. The van der Waals surface area contributed by atoms with Crippen LogP contribution in [0.15, 0.2) is 10.3 Å². The highest BCUT2D eigenvalue weighted by Crippen LogP contribution is 2.35. The summed E-state index contributed by atoms with van der Waals surface area (Å²) in [5.41, 5.74) is 0.0456. The first-order valence-corrected chi connectivity index (χ1v) is 6.73. The molecule has 5 nitrogen and oxygen atoms in total. The van der Waals surface area contributed by atoms with Crippen LogP contribution in [0.5, 0.6) is 5.06 Å². The van der Waals surface area contributed by atoms with Gasteiger partial charge < -0.3 is 9.47 Å². The van der Waals surface area contributed by atoms with E-state index in [1.807, 2.05) is 0 Å². The van der Waals surface area contributed by atoms with Gasteiger partial charge in [0.25, 0.3) is 9.05 Å². The Kier molecular flexibility index (Phi) is 3.58. The standard InChI is InChI=1S/C7H7ClO5S2/c1-12-6(9)4-3-5(15(8,10)11)14-7(4)13-2/h3H,1-2H3. The molecule has 0 unspecified atom stereocenters. The third-order valence-corrected chi connectivity index (χ3v) is 4.68. The smallest absolute Gasteiger partial charge is 0.342 e. The van der Waals surface area contributed by atoms with E-state index in [1.165, 1.54) is 14.2 Å². The Bertz CT molecular complexity index is 476. The Labute approximate surface area is 95.0 Å². The van der Waals surface area contributed by atoms with Crippen LogP contribution in [-0.4, -0.2) is 28.6 Å². The van der Waals surface area contributed by atoms with Crippen LogP contribution in [0.1, 0.15) is 10.4 Å². The first kappa shape index (κ1) is 12.3. The fraction of sp³-hybridized carbons (Fsp3) is 0.286. The van der Waals surface area contributed by atoms with Crippen molar-refractivity contribution < 1.29 is 22.7 Å². The first-order chi connectivity index (χ1) is 6.90. The van der Waals surface area contributed by atoms with Gasteiger partial charge in [-0.3, -0.25) is 0 Å². The molecule has 0 saturated carbocycles. The second kappa shape index (κ2) is 4.38. The summed E-state index contributed by atoms with van der Waals surface area (Å²) in [5, 5.41) is 0.154. The third-order valence-electron chi connectivity index (χ3n) is 1.51. The summed E-state index contributed by atoms with van der Waals surface area (Å²) < 4.78 is 31.1. The Morgan fingerprint density at radius 2 is 2.07 bits per heavy atom. The van der Waals surface area contributed by atoms with Crippen molar-refractivity contribution in [1.82, 2.24) is 0 Å².